The molecule has 1 N–H and O–H groups in total. The van der Waals surface area contributed by atoms with Gasteiger partial charge in [0, 0.05) is 10.0 Å². The SMILES string of the molecule is CC(Sc1nnnn1-c1ccccc1)C(=O)NC(C)c1ccc(Cl)cc1Cl. The summed E-state index contributed by atoms with van der Waals surface area (Å²) in [4.78, 5) is 12.6. The molecule has 0 fully saturated rings. The van der Waals surface area contributed by atoms with Crippen LogP contribution in [0.3, 0.4) is 0 Å². The maximum Gasteiger partial charge on any atom is 0.233 e. The molecular weight excluding hydrogens is 405 g/mol. The van der Waals surface area contributed by atoms with E-state index in [2.05, 4.69) is 20.8 Å². The molecule has 140 valence electrons. The molecule has 0 aliphatic carbocycles. The first kappa shape index (κ1) is 19.7. The molecule has 0 saturated heterocycles. The van der Waals surface area contributed by atoms with Gasteiger partial charge in [0.2, 0.25) is 11.1 Å². The van der Waals surface area contributed by atoms with Crippen molar-refractivity contribution in [3.8, 4) is 5.69 Å². The highest BCUT2D eigenvalue weighted by molar-refractivity contribution is 8.00. The molecule has 2 atom stereocenters. The molecule has 3 rings (SSSR count). The number of nitrogens with one attached hydrogen (secondary N) is 1. The Kier molecular flexibility index (Phi) is 6.36. The van der Waals surface area contributed by atoms with Crippen molar-refractivity contribution in [2.45, 2.75) is 30.3 Å². The van der Waals surface area contributed by atoms with Gasteiger partial charge in [0.05, 0.1) is 17.0 Å². The van der Waals surface area contributed by atoms with Crippen LogP contribution in [0.15, 0.2) is 53.7 Å². The van der Waals surface area contributed by atoms with Crippen LogP contribution in [0.1, 0.15) is 25.5 Å². The standard InChI is InChI=1S/C18H17Cl2N5OS/c1-11(15-9-8-13(19)10-16(15)20)21-17(26)12(2)27-18-22-23-24-25(18)14-6-4-3-5-7-14/h3-12H,1-2H3,(H,21,26). The van der Waals surface area contributed by atoms with Gasteiger partial charge in [-0.05, 0) is 54.1 Å². The molecule has 0 bridgehead atoms. The molecule has 0 radical (unpaired) electrons. The van der Waals surface area contributed by atoms with Crippen LogP contribution in [-0.4, -0.2) is 31.4 Å². The Morgan fingerprint density at radius 2 is 1.89 bits per heavy atom. The van der Waals surface area contributed by atoms with Crippen LogP contribution in [0.2, 0.25) is 10.0 Å². The third kappa shape index (κ3) is 4.80. The average Bonchev–Trinajstić information content (AvgIpc) is 3.10. The number of aromatic nitrogens is 4. The number of para-hydroxylation sites is 1. The summed E-state index contributed by atoms with van der Waals surface area (Å²) in [7, 11) is 0. The number of benzene rings is 2. The fraction of sp³-hybridized carbons (Fsp3) is 0.222. The molecule has 1 amide bonds. The van der Waals surface area contributed by atoms with Gasteiger partial charge in [-0.2, -0.15) is 4.68 Å². The predicted octanol–water partition coefficient (Wildman–Crippen LogP) is 4.33. The van der Waals surface area contributed by atoms with Crippen molar-refractivity contribution in [3.63, 3.8) is 0 Å². The molecule has 6 nitrogen and oxygen atoms in total. The van der Waals surface area contributed by atoms with E-state index in [4.69, 9.17) is 23.2 Å². The van der Waals surface area contributed by atoms with Gasteiger partial charge in [0.1, 0.15) is 0 Å². The lowest BCUT2D eigenvalue weighted by molar-refractivity contribution is -0.120. The van der Waals surface area contributed by atoms with Crippen molar-refractivity contribution >= 4 is 40.9 Å². The first-order valence-electron chi connectivity index (χ1n) is 8.21. The fourth-order valence-electron chi connectivity index (χ4n) is 2.46. The fourth-order valence-corrected chi connectivity index (χ4v) is 3.85. The summed E-state index contributed by atoms with van der Waals surface area (Å²) in [6.45, 7) is 3.68. The van der Waals surface area contributed by atoms with Crippen molar-refractivity contribution in [3.05, 3.63) is 64.1 Å². The smallest absolute Gasteiger partial charge is 0.233 e. The third-order valence-electron chi connectivity index (χ3n) is 3.88. The molecule has 27 heavy (non-hydrogen) atoms. The zero-order chi connectivity index (χ0) is 19.4. The Bertz CT molecular complexity index is 935. The van der Waals surface area contributed by atoms with E-state index in [1.165, 1.54) is 11.8 Å². The number of carbonyl (C=O) groups is 1. The van der Waals surface area contributed by atoms with E-state index in [-0.39, 0.29) is 11.9 Å². The van der Waals surface area contributed by atoms with Crippen molar-refractivity contribution in [1.82, 2.24) is 25.5 Å². The summed E-state index contributed by atoms with van der Waals surface area (Å²) < 4.78 is 1.61. The van der Waals surface area contributed by atoms with Crippen LogP contribution >= 0.6 is 35.0 Å². The molecule has 2 aromatic carbocycles. The summed E-state index contributed by atoms with van der Waals surface area (Å²) in [5.74, 6) is -0.138. The summed E-state index contributed by atoms with van der Waals surface area (Å²) in [6, 6.07) is 14.5. The van der Waals surface area contributed by atoms with Crippen molar-refractivity contribution < 1.29 is 4.79 Å². The molecule has 0 saturated carbocycles. The zero-order valence-electron chi connectivity index (χ0n) is 14.6. The minimum Gasteiger partial charge on any atom is -0.349 e. The Labute approximate surface area is 171 Å². The second kappa shape index (κ2) is 8.73. The van der Waals surface area contributed by atoms with Crippen molar-refractivity contribution in [2.24, 2.45) is 0 Å². The van der Waals surface area contributed by atoms with Crippen LogP contribution in [0.5, 0.6) is 0 Å². The topological polar surface area (TPSA) is 72.7 Å². The Balaban J connectivity index is 1.67. The second-order valence-corrected chi connectivity index (χ2v) is 8.02. The van der Waals surface area contributed by atoms with Gasteiger partial charge in [-0.25, -0.2) is 0 Å². The third-order valence-corrected chi connectivity index (χ3v) is 5.48. The second-order valence-electron chi connectivity index (χ2n) is 5.87. The van der Waals surface area contributed by atoms with Gasteiger partial charge in [-0.15, -0.1) is 5.10 Å². The normalized spacial score (nSPS) is 13.2. The van der Waals surface area contributed by atoms with E-state index in [0.29, 0.717) is 15.2 Å². The van der Waals surface area contributed by atoms with E-state index < -0.39 is 5.25 Å². The number of hydrogen-bond donors (Lipinski definition) is 1. The van der Waals surface area contributed by atoms with Crippen LogP contribution in [0, 0.1) is 0 Å². The molecule has 0 spiro atoms. The molecule has 1 heterocycles. The predicted molar refractivity (Wildman–Crippen MR) is 107 cm³/mol. The number of carbonyl (C=O) groups excluding carboxylic acids is 1. The Hall–Kier alpha value is -2.09. The van der Waals surface area contributed by atoms with Crippen LogP contribution in [-0.2, 0) is 4.79 Å². The number of amides is 1. The highest BCUT2D eigenvalue weighted by Gasteiger charge is 2.21. The highest BCUT2D eigenvalue weighted by Crippen LogP contribution is 2.27. The van der Waals surface area contributed by atoms with Crippen LogP contribution in [0.4, 0.5) is 0 Å². The van der Waals surface area contributed by atoms with Gasteiger partial charge >= 0.3 is 0 Å². The number of halogens is 2. The molecule has 0 aliphatic heterocycles. The first-order chi connectivity index (χ1) is 13.0. The van der Waals surface area contributed by atoms with Crippen LogP contribution < -0.4 is 5.32 Å². The van der Waals surface area contributed by atoms with Crippen molar-refractivity contribution in [2.75, 3.05) is 0 Å². The zero-order valence-corrected chi connectivity index (χ0v) is 17.0. The number of nitrogens with zero attached hydrogens (tertiary/aromatic N) is 4. The van der Waals surface area contributed by atoms with Gasteiger partial charge in [0.25, 0.3) is 0 Å². The van der Waals surface area contributed by atoms with Gasteiger partial charge in [-0.3, -0.25) is 4.79 Å². The van der Waals surface area contributed by atoms with Crippen molar-refractivity contribution in [1.29, 1.82) is 0 Å². The molecule has 0 aliphatic rings. The lowest BCUT2D eigenvalue weighted by Gasteiger charge is -2.18. The number of rotatable bonds is 6. The lowest BCUT2D eigenvalue weighted by atomic mass is 10.1. The molecule has 3 aromatic rings. The number of hydrogen-bond acceptors (Lipinski definition) is 5. The summed E-state index contributed by atoms with van der Waals surface area (Å²) in [6.07, 6.45) is 0. The quantitative estimate of drug-likeness (QED) is 0.599. The molecule has 1 aromatic heterocycles. The largest absolute Gasteiger partial charge is 0.349 e. The van der Waals surface area contributed by atoms with Gasteiger partial charge in [-0.1, -0.05) is 59.2 Å². The van der Waals surface area contributed by atoms with Gasteiger partial charge in [0.15, 0.2) is 0 Å². The molecule has 2 unspecified atom stereocenters. The van der Waals surface area contributed by atoms with E-state index in [1.807, 2.05) is 43.3 Å². The number of thioether (sulfide) groups is 1. The highest BCUT2D eigenvalue weighted by atomic mass is 35.5. The van der Waals surface area contributed by atoms with E-state index in [0.717, 1.165) is 11.3 Å². The number of tetrazole rings is 1. The molecule has 9 heteroatoms. The van der Waals surface area contributed by atoms with Crippen LogP contribution in [0.25, 0.3) is 5.69 Å². The van der Waals surface area contributed by atoms with Gasteiger partial charge < -0.3 is 5.32 Å². The Morgan fingerprint density at radius 1 is 1.15 bits per heavy atom. The summed E-state index contributed by atoms with van der Waals surface area (Å²) in [5.41, 5.74) is 1.64. The average molecular weight is 422 g/mol. The maximum absolute atomic E-state index is 12.6. The monoisotopic (exact) mass is 421 g/mol. The Morgan fingerprint density at radius 3 is 2.59 bits per heavy atom. The van der Waals surface area contributed by atoms with E-state index in [9.17, 15) is 4.79 Å². The van der Waals surface area contributed by atoms with E-state index >= 15 is 0 Å². The summed E-state index contributed by atoms with van der Waals surface area (Å²) in [5, 5.41) is 15.9. The first-order valence-corrected chi connectivity index (χ1v) is 9.85. The minimum atomic E-state index is -0.396. The summed E-state index contributed by atoms with van der Waals surface area (Å²) >= 11 is 13.4. The van der Waals surface area contributed by atoms with E-state index in [1.54, 1.807) is 23.7 Å². The maximum atomic E-state index is 12.6. The molecular formula is C18H17Cl2N5OS. The minimum absolute atomic E-state index is 0.138. The lowest BCUT2D eigenvalue weighted by Crippen LogP contribution is -2.33.